The molecule has 0 aliphatic heterocycles. The van der Waals surface area contributed by atoms with E-state index in [1.165, 1.54) is 0 Å². The Bertz CT molecular complexity index is 587. The summed E-state index contributed by atoms with van der Waals surface area (Å²) >= 11 is 0. The Morgan fingerprint density at radius 2 is 1.95 bits per heavy atom. The summed E-state index contributed by atoms with van der Waals surface area (Å²) in [7, 11) is 3.35. The van der Waals surface area contributed by atoms with Gasteiger partial charge in [-0.15, -0.1) is 0 Å². The summed E-state index contributed by atoms with van der Waals surface area (Å²) in [5, 5.41) is 3.29. The lowest BCUT2D eigenvalue weighted by atomic mass is 10.1. The first-order valence-corrected chi connectivity index (χ1v) is 6.92. The standard InChI is InChI=1S/C16H21N3O2/c1-12-10-13(11-17-8-9-20-2)19-16(18-12)14-6-4-5-7-15(14)21-3/h4-7,10,17H,8-9,11H2,1-3H3. The molecule has 5 heteroatoms. The van der Waals surface area contributed by atoms with Gasteiger partial charge in [0.25, 0.3) is 0 Å². The number of aromatic nitrogens is 2. The number of para-hydroxylation sites is 1. The Labute approximate surface area is 125 Å². The molecule has 1 aromatic heterocycles. The second-order valence-electron chi connectivity index (χ2n) is 4.69. The van der Waals surface area contributed by atoms with E-state index in [4.69, 9.17) is 9.47 Å². The zero-order valence-electron chi connectivity index (χ0n) is 12.7. The zero-order chi connectivity index (χ0) is 15.1. The molecule has 0 aliphatic carbocycles. The number of hydrogen-bond donors (Lipinski definition) is 1. The van der Waals surface area contributed by atoms with Gasteiger partial charge in [-0.2, -0.15) is 0 Å². The zero-order valence-corrected chi connectivity index (χ0v) is 12.7. The van der Waals surface area contributed by atoms with Crippen LogP contribution in [0.3, 0.4) is 0 Å². The first-order chi connectivity index (χ1) is 10.2. The van der Waals surface area contributed by atoms with Crippen LogP contribution in [0.15, 0.2) is 30.3 Å². The van der Waals surface area contributed by atoms with Gasteiger partial charge in [0, 0.05) is 25.9 Å². The number of aryl methyl sites for hydroxylation is 1. The molecule has 1 N–H and O–H groups in total. The Kier molecular flexibility index (Phi) is 5.66. The van der Waals surface area contributed by atoms with Crippen LogP contribution < -0.4 is 10.1 Å². The molecule has 5 nitrogen and oxygen atoms in total. The van der Waals surface area contributed by atoms with Crippen molar-refractivity contribution in [2.75, 3.05) is 27.4 Å². The van der Waals surface area contributed by atoms with E-state index in [1.54, 1.807) is 14.2 Å². The van der Waals surface area contributed by atoms with Crippen molar-refractivity contribution in [1.29, 1.82) is 0 Å². The third-order valence-electron chi connectivity index (χ3n) is 3.04. The fourth-order valence-electron chi connectivity index (χ4n) is 2.06. The smallest absolute Gasteiger partial charge is 0.163 e. The molecule has 2 aromatic rings. The largest absolute Gasteiger partial charge is 0.496 e. The van der Waals surface area contributed by atoms with Crippen molar-refractivity contribution in [2.45, 2.75) is 13.5 Å². The van der Waals surface area contributed by atoms with E-state index in [0.29, 0.717) is 19.0 Å². The molecule has 0 amide bonds. The van der Waals surface area contributed by atoms with Gasteiger partial charge in [-0.3, -0.25) is 0 Å². The van der Waals surface area contributed by atoms with Gasteiger partial charge in [0.15, 0.2) is 5.82 Å². The van der Waals surface area contributed by atoms with Crippen molar-refractivity contribution in [1.82, 2.24) is 15.3 Å². The minimum Gasteiger partial charge on any atom is -0.496 e. The molecule has 0 aliphatic rings. The van der Waals surface area contributed by atoms with Crippen LogP contribution >= 0.6 is 0 Å². The van der Waals surface area contributed by atoms with Crippen LogP contribution in [-0.4, -0.2) is 37.3 Å². The predicted octanol–water partition coefficient (Wildman–Crippen LogP) is 2.20. The third-order valence-corrected chi connectivity index (χ3v) is 3.04. The molecule has 1 heterocycles. The van der Waals surface area contributed by atoms with Gasteiger partial charge in [0.1, 0.15) is 5.75 Å². The molecule has 0 saturated carbocycles. The van der Waals surface area contributed by atoms with E-state index in [2.05, 4.69) is 15.3 Å². The molecule has 2 rings (SSSR count). The second-order valence-corrected chi connectivity index (χ2v) is 4.69. The van der Waals surface area contributed by atoms with Gasteiger partial charge < -0.3 is 14.8 Å². The van der Waals surface area contributed by atoms with Crippen molar-refractivity contribution in [3.05, 3.63) is 41.7 Å². The van der Waals surface area contributed by atoms with Gasteiger partial charge >= 0.3 is 0 Å². The number of ether oxygens (including phenoxy) is 2. The minimum absolute atomic E-state index is 0.684. The van der Waals surface area contributed by atoms with Gasteiger partial charge in [-0.25, -0.2) is 9.97 Å². The lowest BCUT2D eigenvalue weighted by Crippen LogP contribution is -2.19. The van der Waals surface area contributed by atoms with Crippen LogP contribution in [0.4, 0.5) is 0 Å². The van der Waals surface area contributed by atoms with Gasteiger partial charge in [-0.1, -0.05) is 12.1 Å². The van der Waals surface area contributed by atoms with E-state index in [1.807, 2.05) is 37.3 Å². The molecule has 0 radical (unpaired) electrons. The monoisotopic (exact) mass is 287 g/mol. The Balaban J connectivity index is 2.22. The minimum atomic E-state index is 0.684. The van der Waals surface area contributed by atoms with Crippen LogP contribution in [-0.2, 0) is 11.3 Å². The first kappa shape index (κ1) is 15.4. The predicted molar refractivity (Wildman–Crippen MR) is 82.3 cm³/mol. The summed E-state index contributed by atoms with van der Waals surface area (Å²) in [6, 6.07) is 9.76. The average molecular weight is 287 g/mol. The number of hydrogen-bond acceptors (Lipinski definition) is 5. The second kappa shape index (κ2) is 7.71. The van der Waals surface area contributed by atoms with Gasteiger partial charge in [0.2, 0.25) is 0 Å². The number of nitrogens with zero attached hydrogens (tertiary/aromatic N) is 2. The van der Waals surface area contributed by atoms with Gasteiger partial charge in [0.05, 0.1) is 25.0 Å². The summed E-state index contributed by atoms with van der Waals surface area (Å²) in [5.74, 6) is 1.47. The quantitative estimate of drug-likeness (QED) is 0.791. The van der Waals surface area contributed by atoms with Crippen LogP contribution in [0.2, 0.25) is 0 Å². The van der Waals surface area contributed by atoms with Crippen molar-refractivity contribution in [3.8, 4) is 17.1 Å². The van der Waals surface area contributed by atoms with Crippen LogP contribution in [0, 0.1) is 6.92 Å². The third kappa shape index (κ3) is 4.24. The molecule has 112 valence electrons. The molecule has 0 spiro atoms. The van der Waals surface area contributed by atoms with Crippen LogP contribution in [0.25, 0.3) is 11.4 Å². The lowest BCUT2D eigenvalue weighted by Gasteiger charge is -2.10. The van der Waals surface area contributed by atoms with Crippen molar-refractivity contribution in [2.24, 2.45) is 0 Å². The van der Waals surface area contributed by atoms with Gasteiger partial charge in [-0.05, 0) is 25.1 Å². The highest BCUT2D eigenvalue weighted by molar-refractivity contribution is 5.64. The summed E-state index contributed by atoms with van der Waals surface area (Å²) in [6.45, 7) is 4.14. The number of methoxy groups -OCH3 is 2. The number of rotatable bonds is 7. The average Bonchev–Trinajstić information content (AvgIpc) is 2.51. The molecule has 0 fully saturated rings. The van der Waals surface area contributed by atoms with Crippen molar-refractivity contribution >= 4 is 0 Å². The van der Waals surface area contributed by atoms with E-state index in [9.17, 15) is 0 Å². The maximum absolute atomic E-state index is 5.38. The first-order valence-electron chi connectivity index (χ1n) is 6.92. The van der Waals surface area contributed by atoms with Crippen molar-refractivity contribution < 1.29 is 9.47 Å². The molecule has 0 atom stereocenters. The maximum Gasteiger partial charge on any atom is 0.163 e. The SMILES string of the molecule is COCCNCc1cc(C)nc(-c2ccccc2OC)n1. The molecule has 1 aromatic carbocycles. The Morgan fingerprint density at radius 1 is 1.14 bits per heavy atom. The molecule has 0 unspecified atom stereocenters. The van der Waals surface area contributed by atoms with E-state index >= 15 is 0 Å². The lowest BCUT2D eigenvalue weighted by molar-refractivity contribution is 0.199. The summed E-state index contributed by atoms with van der Waals surface area (Å²) in [5.41, 5.74) is 2.80. The van der Waals surface area contributed by atoms with Crippen molar-refractivity contribution in [3.63, 3.8) is 0 Å². The molecule has 0 saturated heterocycles. The van der Waals surface area contributed by atoms with Crippen LogP contribution in [0.5, 0.6) is 5.75 Å². The number of benzene rings is 1. The highest BCUT2D eigenvalue weighted by Crippen LogP contribution is 2.26. The summed E-state index contributed by atoms with van der Waals surface area (Å²) in [6.07, 6.45) is 0. The van der Waals surface area contributed by atoms with E-state index in [-0.39, 0.29) is 0 Å². The normalized spacial score (nSPS) is 10.6. The Morgan fingerprint density at radius 3 is 2.71 bits per heavy atom. The number of nitrogens with one attached hydrogen (secondary N) is 1. The molecular formula is C16H21N3O2. The molecule has 0 bridgehead atoms. The fraction of sp³-hybridized carbons (Fsp3) is 0.375. The summed E-state index contributed by atoms with van der Waals surface area (Å²) < 4.78 is 10.4. The topological polar surface area (TPSA) is 56.3 Å². The maximum atomic E-state index is 5.38. The van der Waals surface area contributed by atoms with E-state index < -0.39 is 0 Å². The fourth-order valence-corrected chi connectivity index (χ4v) is 2.06. The molecular weight excluding hydrogens is 266 g/mol. The van der Waals surface area contributed by atoms with E-state index in [0.717, 1.165) is 29.2 Å². The van der Waals surface area contributed by atoms with Crippen LogP contribution in [0.1, 0.15) is 11.4 Å². The highest BCUT2D eigenvalue weighted by Gasteiger charge is 2.09. The Hall–Kier alpha value is -1.98. The molecule has 21 heavy (non-hydrogen) atoms. The summed E-state index contributed by atoms with van der Waals surface area (Å²) in [4.78, 5) is 9.13. The highest BCUT2D eigenvalue weighted by atomic mass is 16.5.